The fourth-order valence-corrected chi connectivity index (χ4v) is 2.79. The van der Waals surface area contributed by atoms with Gasteiger partial charge in [0.1, 0.15) is 5.75 Å². The van der Waals surface area contributed by atoms with Gasteiger partial charge in [0.25, 0.3) is 5.56 Å². The van der Waals surface area contributed by atoms with Crippen LogP contribution in [0.25, 0.3) is 16.9 Å². The summed E-state index contributed by atoms with van der Waals surface area (Å²) in [6.07, 6.45) is -4.17. The van der Waals surface area contributed by atoms with Gasteiger partial charge in [0.05, 0.1) is 28.9 Å². The Balaban J connectivity index is 1.67. The van der Waals surface area contributed by atoms with Crippen molar-refractivity contribution in [2.24, 2.45) is 0 Å². The van der Waals surface area contributed by atoms with Crippen molar-refractivity contribution >= 4 is 17.1 Å². The van der Waals surface area contributed by atoms with Gasteiger partial charge in [-0.25, -0.2) is 18.9 Å². The zero-order valence-corrected chi connectivity index (χ0v) is 15.6. The van der Waals surface area contributed by atoms with Crippen LogP contribution >= 0.6 is 0 Å². The van der Waals surface area contributed by atoms with Crippen molar-refractivity contribution in [3.8, 4) is 23.2 Å². The molecule has 2 heterocycles. The van der Waals surface area contributed by atoms with Gasteiger partial charge in [0, 0.05) is 0 Å². The van der Waals surface area contributed by atoms with E-state index < -0.39 is 35.0 Å². The minimum atomic E-state index is -4.90. The van der Waals surface area contributed by atoms with Crippen molar-refractivity contribution in [2.45, 2.75) is 6.18 Å². The quantitative estimate of drug-likeness (QED) is 0.355. The summed E-state index contributed by atoms with van der Waals surface area (Å²) in [4.78, 5) is 29.6. The highest BCUT2D eigenvalue weighted by Gasteiger charge is 2.35. The minimum Gasteiger partial charge on any atom is -0.454 e. The fourth-order valence-electron chi connectivity index (χ4n) is 2.79. The second-order valence-corrected chi connectivity index (χ2v) is 6.27. The van der Waals surface area contributed by atoms with E-state index in [1.54, 1.807) is 0 Å². The highest BCUT2D eigenvalue weighted by Crippen LogP contribution is 2.36. The molecule has 4 rings (SSSR count). The molecule has 0 saturated carbocycles. The summed E-state index contributed by atoms with van der Waals surface area (Å²) in [5, 5.41) is 12.5. The molecular weight excluding hydrogens is 440 g/mol. The summed E-state index contributed by atoms with van der Waals surface area (Å²) in [6, 6.07) is 6.42. The Morgan fingerprint density at radius 1 is 1.16 bits per heavy atom. The summed E-state index contributed by atoms with van der Waals surface area (Å²) in [5.41, 5.74) is -1.97. The summed E-state index contributed by atoms with van der Waals surface area (Å²) >= 11 is 0. The number of carboxylic acid groups (broad SMARTS) is 1. The zero-order chi connectivity index (χ0) is 23.0. The summed E-state index contributed by atoms with van der Waals surface area (Å²) in [7, 11) is 0. The molecule has 0 unspecified atom stereocenters. The van der Waals surface area contributed by atoms with Gasteiger partial charge < -0.3 is 14.6 Å². The Kier molecular flexibility index (Phi) is 5.00. The van der Waals surface area contributed by atoms with E-state index in [0.29, 0.717) is 6.07 Å². The second-order valence-electron chi connectivity index (χ2n) is 6.27. The van der Waals surface area contributed by atoms with Crippen LogP contribution in [0.2, 0.25) is 0 Å². The van der Waals surface area contributed by atoms with Crippen molar-refractivity contribution in [3.05, 3.63) is 70.5 Å². The van der Waals surface area contributed by atoms with E-state index >= 15 is 0 Å². The minimum absolute atomic E-state index is 0.00722. The van der Waals surface area contributed by atoms with Crippen LogP contribution in [0.1, 0.15) is 5.56 Å². The van der Waals surface area contributed by atoms with Crippen LogP contribution in [0.5, 0.6) is 17.2 Å². The molecular formula is C19H10F4N4O5. The van der Waals surface area contributed by atoms with Gasteiger partial charge in [0.15, 0.2) is 17.3 Å². The van der Waals surface area contributed by atoms with Crippen molar-refractivity contribution in [1.29, 1.82) is 0 Å². The van der Waals surface area contributed by atoms with Crippen LogP contribution in [-0.2, 0) is 6.18 Å². The molecule has 2 aromatic carbocycles. The maximum atomic E-state index is 14.2. The number of hydrogen-bond donors (Lipinski definition) is 2. The molecule has 9 nitrogen and oxygen atoms in total. The first kappa shape index (κ1) is 20.8. The summed E-state index contributed by atoms with van der Waals surface area (Å²) < 4.78 is 63.5. The molecule has 0 aliphatic heterocycles. The standard InChI is InChI=1S/C19H10F4N4O5/c20-15-12(19(21,22)23)2-1-3-14(15)31-9-4-5-13-11(6-9)16(28)26-17(25-13)27-8-10(7-24-27)32-18(29)30/h1-8H,(H,29,30)(H,25,26,28). The number of fused-ring (bicyclic) bond motifs is 1. The van der Waals surface area contributed by atoms with Crippen LogP contribution in [-0.4, -0.2) is 31.0 Å². The smallest absolute Gasteiger partial charge is 0.454 e. The molecule has 0 fully saturated rings. The highest BCUT2D eigenvalue weighted by atomic mass is 19.4. The number of H-pyrrole nitrogens is 1. The number of halogens is 4. The predicted octanol–water partition coefficient (Wildman–Crippen LogP) is 4.12. The number of rotatable bonds is 4. The van der Waals surface area contributed by atoms with Crippen molar-refractivity contribution < 1.29 is 36.9 Å². The molecule has 13 heteroatoms. The average molecular weight is 450 g/mol. The number of alkyl halides is 3. The fraction of sp³-hybridized carbons (Fsp3) is 0.0526. The topological polar surface area (TPSA) is 119 Å². The number of aromatic nitrogens is 4. The Hall–Kier alpha value is -4.42. The lowest BCUT2D eigenvalue weighted by Crippen LogP contribution is -2.14. The van der Waals surface area contributed by atoms with E-state index in [9.17, 15) is 27.2 Å². The lowest BCUT2D eigenvalue weighted by molar-refractivity contribution is -0.140. The average Bonchev–Trinajstić information content (AvgIpc) is 3.17. The third-order valence-corrected chi connectivity index (χ3v) is 4.14. The third kappa shape index (κ3) is 4.08. The number of aromatic amines is 1. The molecule has 2 N–H and O–H groups in total. The Bertz CT molecular complexity index is 1400. The van der Waals surface area contributed by atoms with Crippen LogP contribution < -0.4 is 15.0 Å². The maximum absolute atomic E-state index is 14.2. The maximum Gasteiger partial charge on any atom is 0.511 e. The lowest BCUT2D eigenvalue weighted by atomic mass is 10.2. The van der Waals surface area contributed by atoms with E-state index in [2.05, 4.69) is 19.8 Å². The lowest BCUT2D eigenvalue weighted by Gasteiger charge is -2.12. The predicted molar refractivity (Wildman–Crippen MR) is 99.6 cm³/mol. The number of nitrogens with zero attached hydrogens (tertiary/aromatic N) is 3. The SMILES string of the molecule is O=C(O)Oc1cnn(-c2nc3ccc(Oc4cccc(C(F)(F)F)c4F)cc3c(=O)[nH]2)c1. The monoisotopic (exact) mass is 450 g/mol. The zero-order valence-electron chi connectivity index (χ0n) is 15.6. The number of carbonyl (C=O) groups is 1. The molecule has 0 atom stereocenters. The van der Waals surface area contributed by atoms with Gasteiger partial charge in [-0.05, 0) is 30.3 Å². The molecule has 164 valence electrons. The van der Waals surface area contributed by atoms with Gasteiger partial charge >= 0.3 is 12.3 Å². The van der Waals surface area contributed by atoms with Crippen LogP contribution in [0.4, 0.5) is 22.4 Å². The van der Waals surface area contributed by atoms with E-state index in [4.69, 9.17) is 9.84 Å². The number of benzene rings is 2. The van der Waals surface area contributed by atoms with E-state index in [-0.39, 0.29) is 28.4 Å². The Morgan fingerprint density at radius 2 is 1.94 bits per heavy atom. The van der Waals surface area contributed by atoms with Crippen molar-refractivity contribution in [3.63, 3.8) is 0 Å². The number of nitrogens with one attached hydrogen (secondary N) is 1. The van der Waals surface area contributed by atoms with Gasteiger partial charge in [-0.2, -0.15) is 18.3 Å². The molecule has 0 aliphatic carbocycles. The number of hydrogen-bond acceptors (Lipinski definition) is 6. The normalized spacial score (nSPS) is 11.5. The first-order valence-corrected chi connectivity index (χ1v) is 8.65. The van der Waals surface area contributed by atoms with E-state index in [1.165, 1.54) is 24.4 Å². The van der Waals surface area contributed by atoms with Crippen LogP contribution in [0, 0.1) is 5.82 Å². The summed E-state index contributed by atoms with van der Waals surface area (Å²) in [6.45, 7) is 0. The Labute approximate surface area is 174 Å². The molecule has 0 saturated heterocycles. The number of ether oxygens (including phenoxy) is 2. The summed E-state index contributed by atoms with van der Waals surface area (Å²) in [5.74, 6) is -2.50. The van der Waals surface area contributed by atoms with Gasteiger partial charge in [-0.1, -0.05) is 6.07 Å². The second kappa shape index (κ2) is 7.68. The molecule has 0 aliphatic rings. The molecule has 32 heavy (non-hydrogen) atoms. The van der Waals surface area contributed by atoms with Gasteiger partial charge in [0.2, 0.25) is 5.95 Å². The molecule has 0 amide bonds. The highest BCUT2D eigenvalue weighted by molar-refractivity contribution is 5.79. The van der Waals surface area contributed by atoms with Crippen LogP contribution in [0.15, 0.2) is 53.6 Å². The molecule has 2 aromatic heterocycles. The van der Waals surface area contributed by atoms with Crippen LogP contribution in [0.3, 0.4) is 0 Å². The molecule has 0 radical (unpaired) electrons. The first-order chi connectivity index (χ1) is 15.1. The molecule has 0 spiro atoms. The molecule has 4 aromatic rings. The van der Waals surface area contributed by atoms with E-state index in [0.717, 1.165) is 23.0 Å². The van der Waals surface area contributed by atoms with Gasteiger partial charge in [-0.15, -0.1) is 0 Å². The van der Waals surface area contributed by atoms with Crippen molar-refractivity contribution in [2.75, 3.05) is 0 Å². The first-order valence-electron chi connectivity index (χ1n) is 8.65. The largest absolute Gasteiger partial charge is 0.511 e. The van der Waals surface area contributed by atoms with Crippen molar-refractivity contribution in [1.82, 2.24) is 19.7 Å². The van der Waals surface area contributed by atoms with E-state index in [1.807, 2.05) is 0 Å². The Morgan fingerprint density at radius 3 is 2.66 bits per heavy atom. The third-order valence-electron chi connectivity index (χ3n) is 4.14. The van der Waals surface area contributed by atoms with Gasteiger partial charge in [-0.3, -0.25) is 9.78 Å². The molecule has 0 bridgehead atoms.